The number of hydrogen-bond acceptors (Lipinski definition) is 6. The summed E-state index contributed by atoms with van der Waals surface area (Å²) in [5.41, 5.74) is 0.350. The lowest BCUT2D eigenvalue weighted by molar-refractivity contribution is -0.532. The summed E-state index contributed by atoms with van der Waals surface area (Å²) in [7, 11) is 0. The smallest absolute Gasteiger partial charge is 0.256 e. The Hall–Kier alpha value is -3.09. The lowest BCUT2D eigenvalue weighted by Gasteiger charge is -2.25. The van der Waals surface area contributed by atoms with E-state index >= 15 is 0 Å². The highest BCUT2D eigenvalue weighted by molar-refractivity contribution is 9.10. The molecule has 2 aromatic rings. The number of terminal acetylenes is 1. The predicted molar refractivity (Wildman–Crippen MR) is 123 cm³/mol. The van der Waals surface area contributed by atoms with Gasteiger partial charge in [-0.25, -0.2) is 0 Å². The first kappa shape index (κ1) is 22.1. The lowest BCUT2D eigenvalue weighted by atomic mass is 9.78. The summed E-state index contributed by atoms with van der Waals surface area (Å²) in [5, 5.41) is 18.5. The molecule has 2 N–H and O–H groups in total. The molecule has 0 unspecified atom stereocenters. The summed E-state index contributed by atoms with van der Waals surface area (Å²) in [6.45, 7) is 4.11. The largest absolute Gasteiger partial charge is 0.490 e. The Morgan fingerprint density at radius 1 is 1.31 bits per heavy atom. The number of para-hydroxylation sites is 1. The number of amides is 1. The summed E-state index contributed by atoms with van der Waals surface area (Å²) >= 11 is 3.49. The van der Waals surface area contributed by atoms with Gasteiger partial charge in [0.15, 0.2) is 17.0 Å². The molecule has 4 atom stereocenters. The van der Waals surface area contributed by atoms with Gasteiger partial charge in [-0.15, -0.1) is 6.42 Å². The molecule has 1 saturated heterocycles. The van der Waals surface area contributed by atoms with Gasteiger partial charge in [-0.2, -0.15) is 0 Å². The van der Waals surface area contributed by atoms with Crippen molar-refractivity contribution >= 4 is 27.5 Å². The van der Waals surface area contributed by atoms with Gasteiger partial charge < -0.3 is 14.8 Å². The van der Waals surface area contributed by atoms with E-state index in [9.17, 15) is 14.9 Å². The molecule has 0 aliphatic carbocycles. The van der Waals surface area contributed by atoms with Crippen LogP contribution in [0, 0.1) is 22.5 Å². The minimum Gasteiger partial charge on any atom is -0.490 e. The molecule has 4 rings (SSSR count). The van der Waals surface area contributed by atoms with Gasteiger partial charge in [-0.1, -0.05) is 24.1 Å². The van der Waals surface area contributed by atoms with Crippen molar-refractivity contribution in [2.24, 2.45) is 0 Å². The molecule has 2 heterocycles. The molecule has 32 heavy (non-hydrogen) atoms. The fourth-order valence-corrected chi connectivity index (χ4v) is 5.42. The Balaban J connectivity index is 1.85. The first-order valence-electron chi connectivity index (χ1n) is 10.2. The SMILES string of the molecule is C#CCOc1c(Br)cc([C@@H]2[C@H](C)N[C@]3(C(=O)Nc4ccccc43)[C@H]2[N+](=O)[O-])cc1OCC. The van der Waals surface area contributed by atoms with Crippen molar-refractivity contribution in [3.8, 4) is 23.8 Å². The third-order valence-electron chi connectivity index (χ3n) is 5.98. The molecule has 2 aliphatic rings. The Morgan fingerprint density at radius 3 is 2.75 bits per heavy atom. The van der Waals surface area contributed by atoms with E-state index in [2.05, 4.69) is 32.5 Å². The molecule has 1 spiro atoms. The third-order valence-corrected chi connectivity index (χ3v) is 6.57. The number of carbonyl (C=O) groups excluding carboxylic acids is 1. The monoisotopic (exact) mass is 499 g/mol. The summed E-state index contributed by atoms with van der Waals surface area (Å²) < 4.78 is 11.9. The van der Waals surface area contributed by atoms with Crippen LogP contribution in [0.4, 0.5) is 5.69 Å². The third kappa shape index (κ3) is 3.31. The number of nitro groups is 1. The second-order valence-corrected chi connectivity index (χ2v) is 8.61. The lowest BCUT2D eigenvalue weighted by Crippen LogP contribution is -2.54. The van der Waals surface area contributed by atoms with Crippen LogP contribution in [0.2, 0.25) is 0 Å². The van der Waals surface area contributed by atoms with Crippen molar-refractivity contribution in [2.75, 3.05) is 18.5 Å². The quantitative estimate of drug-likeness (QED) is 0.358. The summed E-state index contributed by atoms with van der Waals surface area (Å²) in [5.74, 6) is 2.24. The molecule has 9 heteroatoms. The van der Waals surface area contributed by atoms with Gasteiger partial charge in [-0.3, -0.25) is 20.2 Å². The molecule has 2 aromatic carbocycles. The molecule has 1 fully saturated rings. The van der Waals surface area contributed by atoms with Gasteiger partial charge in [0, 0.05) is 22.2 Å². The van der Waals surface area contributed by atoms with Gasteiger partial charge >= 0.3 is 0 Å². The highest BCUT2D eigenvalue weighted by Crippen LogP contribution is 2.51. The Bertz CT molecular complexity index is 1130. The van der Waals surface area contributed by atoms with Crippen LogP contribution < -0.4 is 20.1 Å². The van der Waals surface area contributed by atoms with Crippen LogP contribution in [0.3, 0.4) is 0 Å². The van der Waals surface area contributed by atoms with E-state index in [0.29, 0.717) is 39.4 Å². The maximum atomic E-state index is 13.2. The molecule has 8 nitrogen and oxygen atoms in total. The van der Waals surface area contributed by atoms with Gasteiger partial charge in [0.2, 0.25) is 0 Å². The topological polar surface area (TPSA) is 103 Å². The average molecular weight is 500 g/mol. The number of hydrogen-bond donors (Lipinski definition) is 2. The Labute approximate surface area is 193 Å². The van der Waals surface area contributed by atoms with E-state index in [1.54, 1.807) is 36.4 Å². The van der Waals surface area contributed by atoms with E-state index < -0.39 is 23.4 Å². The zero-order valence-electron chi connectivity index (χ0n) is 17.6. The fraction of sp³-hybridized carbons (Fsp3) is 0.348. The summed E-state index contributed by atoms with van der Waals surface area (Å²) in [6, 6.07) is 8.96. The van der Waals surface area contributed by atoms with Crippen molar-refractivity contribution in [3.05, 3.63) is 62.1 Å². The van der Waals surface area contributed by atoms with Crippen molar-refractivity contribution in [3.63, 3.8) is 0 Å². The van der Waals surface area contributed by atoms with Gasteiger partial charge in [0.1, 0.15) is 6.61 Å². The van der Waals surface area contributed by atoms with Crippen LogP contribution in [-0.2, 0) is 10.3 Å². The molecule has 0 bridgehead atoms. The molecular weight excluding hydrogens is 478 g/mol. The maximum Gasteiger partial charge on any atom is 0.256 e. The van der Waals surface area contributed by atoms with Crippen LogP contribution in [0.5, 0.6) is 11.5 Å². The zero-order chi connectivity index (χ0) is 23.0. The molecule has 0 aromatic heterocycles. The number of benzene rings is 2. The fourth-order valence-electron chi connectivity index (χ4n) is 4.85. The first-order valence-corrected chi connectivity index (χ1v) is 11.0. The maximum absolute atomic E-state index is 13.2. The van der Waals surface area contributed by atoms with Crippen LogP contribution in [0.1, 0.15) is 30.9 Å². The van der Waals surface area contributed by atoms with Gasteiger partial charge in [0.25, 0.3) is 11.9 Å². The van der Waals surface area contributed by atoms with E-state index in [1.807, 2.05) is 13.8 Å². The highest BCUT2D eigenvalue weighted by atomic mass is 79.9. The van der Waals surface area contributed by atoms with Crippen molar-refractivity contribution in [1.29, 1.82) is 0 Å². The van der Waals surface area contributed by atoms with Crippen molar-refractivity contribution in [1.82, 2.24) is 5.32 Å². The first-order chi connectivity index (χ1) is 15.3. The molecule has 1 amide bonds. The second-order valence-electron chi connectivity index (χ2n) is 7.75. The highest BCUT2D eigenvalue weighted by Gasteiger charge is 2.67. The van der Waals surface area contributed by atoms with Crippen molar-refractivity contribution < 1.29 is 19.2 Å². The number of nitrogens with zero attached hydrogens (tertiary/aromatic N) is 1. The minimum atomic E-state index is -1.47. The van der Waals surface area contributed by atoms with Crippen LogP contribution in [0.15, 0.2) is 40.9 Å². The van der Waals surface area contributed by atoms with Crippen LogP contribution >= 0.6 is 15.9 Å². The number of carbonyl (C=O) groups is 1. The second kappa shape index (κ2) is 8.45. The van der Waals surface area contributed by atoms with E-state index in [4.69, 9.17) is 15.9 Å². The van der Waals surface area contributed by atoms with E-state index in [0.717, 1.165) is 0 Å². The summed E-state index contributed by atoms with van der Waals surface area (Å²) in [4.78, 5) is 25.2. The van der Waals surface area contributed by atoms with Crippen LogP contribution in [-0.4, -0.2) is 36.1 Å². The van der Waals surface area contributed by atoms with E-state index in [1.165, 1.54) is 0 Å². The minimum absolute atomic E-state index is 0.0526. The molecule has 0 radical (unpaired) electrons. The molecule has 166 valence electrons. The zero-order valence-corrected chi connectivity index (χ0v) is 19.1. The number of nitrogens with one attached hydrogen (secondary N) is 2. The normalized spacial score (nSPS) is 25.8. The molecule has 0 saturated carbocycles. The average Bonchev–Trinajstić information content (AvgIpc) is 3.22. The Kier molecular flexibility index (Phi) is 5.84. The van der Waals surface area contributed by atoms with Crippen molar-refractivity contribution in [2.45, 2.75) is 37.4 Å². The predicted octanol–water partition coefficient (Wildman–Crippen LogP) is 3.43. The Morgan fingerprint density at radius 2 is 2.06 bits per heavy atom. The molecule has 2 aliphatic heterocycles. The number of rotatable bonds is 6. The number of ether oxygens (including phenoxy) is 2. The van der Waals surface area contributed by atoms with E-state index in [-0.39, 0.29) is 17.6 Å². The van der Waals surface area contributed by atoms with Gasteiger partial charge in [0.05, 0.1) is 17.0 Å². The van der Waals surface area contributed by atoms with Crippen LogP contribution in [0.25, 0.3) is 0 Å². The van der Waals surface area contributed by atoms with Gasteiger partial charge in [-0.05, 0) is 53.5 Å². The summed E-state index contributed by atoms with van der Waals surface area (Å²) in [6.07, 6.45) is 5.32. The molecular formula is C23H22BrN3O5. The standard InChI is InChI=1S/C23H22BrN3O5/c1-4-10-32-20-16(24)11-14(12-18(20)31-5-2)19-13(3)26-23(21(19)27(29)30)15-8-6-7-9-17(15)25-22(23)28/h1,6-9,11-13,19,21,26H,5,10H2,2-3H3,(H,25,28)/t13-,19-,21-,23-/m0/s1. The number of fused-ring (bicyclic) bond motifs is 2. The number of anilines is 1. The number of halogens is 1.